The van der Waals surface area contributed by atoms with E-state index in [9.17, 15) is 0 Å². The number of hydrogen-bond acceptors (Lipinski definition) is 3. The second kappa shape index (κ2) is 9.89. The van der Waals surface area contributed by atoms with Crippen LogP contribution >= 0.6 is 0 Å². The molecule has 2 saturated heterocycles. The molecule has 36 heavy (non-hydrogen) atoms. The highest BCUT2D eigenvalue weighted by Gasteiger charge is 2.55. The van der Waals surface area contributed by atoms with Gasteiger partial charge in [-0.25, -0.2) is 0 Å². The monoisotopic (exact) mass is 493 g/mol. The average molecular weight is 494 g/mol. The highest BCUT2D eigenvalue weighted by Crippen LogP contribution is 2.63. The van der Waals surface area contributed by atoms with E-state index in [1.165, 1.54) is 64.7 Å². The average Bonchev–Trinajstić information content (AvgIpc) is 3.80. The Morgan fingerprint density at radius 2 is 1.44 bits per heavy atom. The van der Waals surface area contributed by atoms with Gasteiger partial charge in [0.1, 0.15) is 0 Å². The number of allylic oxidation sites excluding steroid dienone is 1. The van der Waals surface area contributed by atoms with Gasteiger partial charge in [-0.15, -0.1) is 0 Å². The Bertz CT molecular complexity index is 810. The fourth-order valence-electron chi connectivity index (χ4n) is 10.7. The topological polar surface area (TPSA) is 27.3 Å². The lowest BCUT2D eigenvalue weighted by atomic mass is 9.65. The minimum Gasteiger partial charge on any atom is -0.385 e. The molecule has 0 bridgehead atoms. The predicted octanol–water partition coefficient (Wildman–Crippen LogP) is 6.31. The van der Waals surface area contributed by atoms with E-state index in [1.54, 1.807) is 37.8 Å². The molecule has 7 rings (SSSR count). The van der Waals surface area contributed by atoms with Crippen molar-refractivity contribution in [3.8, 4) is 0 Å². The van der Waals surface area contributed by atoms with Crippen molar-refractivity contribution in [2.45, 2.75) is 103 Å². The van der Waals surface area contributed by atoms with Crippen molar-refractivity contribution in [1.29, 1.82) is 0 Å². The molecule has 7 aliphatic rings. The molecule has 3 heteroatoms. The Morgan fingerprint density at radius 1 is 0.750 bits per heavy atom. The summed E-state index contributed by atoms with van der Waals surface area (Å²) in [6.07, 6.45) is 19.0. The Hall–Kier alpha value is -0.540. The molecule has 0 aromatic heterocycles. The quantitative estimate of drug-likeness (QED) is 0.470. The van der Waals surface area contributed by atoms with Crippen LogP contribution in [0.5, 0.6) is 0 Å². The van der Waals surface area contributed by atoms with Gasteiger partial charge in [0, 0.05) is 29.6 Å². The fraction of sp³-hybridized carbons (Fsp3) is 0.939. The summed E-state index contributed by atoms with van der Waals surface area (Å²) < 4.78 is 0. The molecule has 3 nitrogen and oxygen atoms in total. The Morgan fingerprint density at radius 3 is 2.17 bits per heavy atom. The molecule has 3 aliphatic heterocycles. The Kier molecular flexibility index (Phi) is 6.73. The van der Waals surface area contributed by atoms with Gasteiger partial charge in [-0.1, -0.05) is 19.9 Å². The summed E-state index contributed by atoms with van der Waals surface area (Å²) in [6, 6.07) is 1.45. The first-order valence-corrected chi connectivity index (χ1v) is 16.5. The summed E-state index contributed by atoms with van der Waals surface area (Å²) in [5, 5.41) is 7.66. The molecule has 4 saturated carbocycles. The molecule has 0 aromatic rings. The zero-order valence-corrected chi connectivity index (χ0v) is 23.6. The predicted molar refractivity (Wildman–Crippen MR) is 149 cm³/mol. The number of hydrogen-bond donors (Lipinski definition) is 2. The van der Waals surface area contributed by atoms with E-state index < -0.39 is 0 Å². The second-order valence-corrected chi connectivity index (χ2v) is 15.0. The number of likely N-dealkylation sites (tertiary alicyclic amines) is 1. The normalized spacial score (nSPS) is 48.8. The molecule has 202 valence electrons. The van der Waals surface area contributed by atoms with Crippen molar-refractivity contribution in [3.63, 3.8) is 0 Å². The van der Waals surface area contributed by atoms with Crippen molar-refractivity contribution in [1.82, 2.24) is 15.5 Å². The van der Waals surface area contributed by atoms with Crippen molar-refractivity contribution in [2.24, 2.45) is 65.1 Å². The van der Waals surface area contributed by atoms with Gasteiger partial charge in [0.2, 0.25) is 0 Å². The fourth-order valence-corrected chi connectivity index (χ4v) is 10.7. The summed E-state index contributed by atoms with van der Waals surface area (Å²) in [6.45, 7) is 12.9. The molecule has 6 fully saturated rings. The van der Waals surface area contributed by atoms with Crippen LogP contribution in [0.3, 0.4) is 0 Å². The first-order chi connectivity index (χ1) is 17.6. The van der Waals surface area contributed by atoms with Gasteiger partial charge >= 0.3 is 0 Å². The van der Waals surface area contributed by atoms with Crippen LogP contribution in [0.2, 0.25) is 0 Å². The second-order valence-electron chi connectivity index (χ2n) is 15.0. The van der Waals surface area contributed by atoms with Crippen molar-refractivity contribution < 1.29 is 0 Å². The SMILES string of the molecule is CC1CC(C)C(C(C)N2CCC(C3CCC(C4CC4)C4CC34)CC2)CC1C1=CC2CCNCCC2N1. The van der Waals surface area contributed by atoms with Gasteiger partial charge in [0.15, 0.2) is 0 Å². The van der Waals surface area contributed by atoms with Crippen molar-refractivity contribution in [2.75, 3.05) is 26.2 Å². The van der Waals surface area contributed by atoms with E-state index in [0.29, 0.717) is 6.04 Å². The van der Waals surface area contributed by atoms with E-state index in [1.807, 2.05) is 0 Å². The highest BCUT2D eigenvalue weighted by atomic mass is 15.2. The van der Waals surface area contributed by atoms with E-state index in [2.05, 4.69) is 42.4 Å². The first-order valence-electron chi connectivity index (χ1n) is 16.5. The van der Waals surface area contributed by atoms with Crippen LogP contribution in [0.1, 0.15) is 91.4 Å². The third-order valence-electron chi connectivity index (χ3n) is 13.1. The van der Waals surface area contributed by atoms with Crippen molar-refractivity contribution >= 4 is 0 Å². The molecule has 0 aromatic carbocycles. The molecule has 2 N–H and O–H groups in total. The highest BCUT2D eigenvalue weighted by molar-refractivity contribution is 5.19. The summed E-state index contributed by atoms with van der Waals surface area (Å²) in [4.78, 5) is 2.94. The van der Waals surface area contributed by atoms with Crippen LogP contribution in [-0.4, -0.2) is 43.2 Å². The summed E-state index contributed by atoms with van der Waals surface area (Å²) >= 11 is 0. The number of fused-ring (bicyclic) bond motifs is 2. The van der Waals surface area contributed by atoms with Gasteiger partial charge < -0.3 is 15.5 Å². The van der Waals surface area contributed by atoms with E-state index in [-0.39, 0.29) is 0 Å². The van der Waals surface area contributed by atoms with Crippen LogP contribution in [0.15, 0.2) is 11.8 Å². The summed E-state index contributed by atoms with van der Waals surface area (Å²) in [7, 11) is 0. The van der Waals surface area contributed by atoms with E-state index in [4.69, 9.17) is 0 Å². The Labute approximate surface area is 222 Å². The minimum atomic E-state index is 0.696. The molecule has 4 aliphatic carbocycles. The lowest BCUT2D eigenvalue weighted by molar-refractivity contribution is 0.0264. The lowest BCUT2D eigenvalue weighted by Gasteiger charge is -2.48. The van der Waals surface area contributed by atoms with Crippen LogP contribution in [-0.2, 0) is 0 Å². The number of piperidine rings is 1. The van der Waals surface area contributed by atoms with Crippen LogP contribution in [0, 0.1) is 65.1 Å². The summed E-state index contributed by atoms with van der Waals surface area (Å²) in [5.41, 5.74) is 1.64. The molecule has 0 radical (unpaired) electrons. The molecule has 11 unspecified atom stereocenters. The van der Waals surface area contributed by atoms with Gasteiger partial charge in [-0.2, -0.15) is 0 Å². The third kappa shape index (κ3) is 4.61. The smallest absolute Gasteiger partial charge is 0.0334 e. The van der Waals surface area contributed by atoms with E-state index >= 15 is 0 Å². The maximum atomic E-state index is 4.06. The van der Waals surface area contributed by atoms with Crippen molar-refractivity contribution in [3.05, 3.63) is 11.8 Å². The van der Waals surface area contributed by atoms with Gasteiger partial charge in [0.25, 0.3) is 0 Å². The molecule has 11 atom stereocenters. The summed E-state index contributed by atoms with van der Waals surface area (Å²) in [5.74, 6) is 10.9. The third-order valence-corrected chi connectivity index (χ3v) is 13.1. The number of nitrogens with one attached hydrogen (secondary N) is 2. The van der Waals surface area contributed by atoms with Crippen LogP contribution in [0.4, 0.5) is 0 Å². The van der Waals surface area contributed by atoms with E-state index in [0.717, 1.165) is 71.1 Å². The minimum absolute atomic E-state index is 0.696. The van der Waals surface area contributed by atoms with Gasteiger partial charge in [-0.3, -0.25) is 0 Å². The number of nitrogens with zero attached hydrogens (tertiary/aromatic N) is 1. The molecule has 0 spiro atoms. The lowest BCUT2D eigenvalue weighted by Crippen LogP contribution is -2.49. The zero-order chi connectivity index (χ0) is 24.4. The first kappa shape index (κ1) is 24.5. The number of rotatable bonds is 5. The Balaban J connectivity index is 0.951. The molecule has 3 heterocycles. The largest absolute Gasteiger partial charge is 0.385 e. The maximum absolute atomic E-state index is 4.06. The van der Waals surface area contributed by atoms with Crippen LogP contribution < -0.4 is 10.6 Å². The zero-order valence-electron chi connectivity index (χ0n) is 23.6. The molecular weight excluding hydrogens is 438 g/mol. The van der Waals surface area contributed by atoms with Gasteiger partial charge in [-0.05, 0) is 157 Å². The molecular formula is C33H55N3. The maximum Gasteiger partial charge on any atom is 0.0334 e. The molecule has 0 amide bonds. The standard InChI is InChI=1S/C33H55N3/c1-20-16-21(2)29(33-17-25-8-12-34-13-9-32(25)35-33)18-28(20)22(3)36-14-10-24(11-15-36)27-7-6-26(23-4-5-23)30-19-31(27)30/h17,20-32,34-35H,4-16,18-19H2,1-3H3. The van der Waals surface area contributed by atoms with Crippen LogP contribution in [0.25, 0.3) is 0 Å². The van der Waals surface area contributed by atoms with Gasteiger partial charge in [0.05, 0.1) is 0 Å².